The normalized spacial score (nSPS) is 19.0. The Bertz CT molecular complexity index is 696. The monoisotopic (exact) mass is 283 g/mol. The van der Waals surface area contributed by atoms with E-state index in [0.29, 0.717) is 6.54 Å². The zero-order chi connectivity index (χ0) is 15.0. The SMILES string of the molecule is Cc1nc2ccccc2c(N2CCCC(C(N)=O)C2)c1C. The van der Waals surface area contributed by atoms with Gasteiger partial charge >= 0.3 is 0 Å². The zero-order valence-electron chi connectivity index (χ0n) is 12.6. The minimum atomic E-state index is -0.188. The number of hydrogen-bond acceptors (Lipinski definition) is 3. The fourth-order valence-corrected chi connectivity index (χ4v) is 3.23. The molecule has 1 saturated heterocycles. The van der Waals surface area contributed by atoms with Crippen LogP contribution >= 0.6 is 0 Å². The van der Waals surface area contributed by atoms with E-state index in [-0.39, 0.29) is 11.8 Å². The Morgan fingerprint density at radius 1 is 1.33 bits per heavy atom. The highest BCUT2D eigenvalue weighted by atomic mass is 16.1. The van der Waals surface area contributed by atoms with Gasteiger partial charge in [0.2, 0.25) is 5.91 Å². The average Bonchev–Trinajstić information content (AvgIpc) is 2.48. The predicted molar refractivity (Wildman–Crippen MR) is 85.3 cm³/mol. The fraction of sp³-hybridized carbons (Fsp3) is 0.412. The Balaban J connectivity index is 2.10. The number of piperidine rings is 1. The number of benzene rings is 1. The van der Waals surface area contributed by atoms with E-state index in [9.17, 15) is 4.79 Å². The molecule has 2 N–H and O–H groups in total. The Morgan fingerprint density at radius 2 is 2.10 bits per heavy atom. The lowest BCUT2D eigenvalue weighted by atomic mass is 9.95. The van der Waals surface area contributed by atoms with Gasteiger partial charge in [0.05, 0.1) is 17.1 Å². The molecule has 1 aromatic carbocycles. The molecule has 21 heavy (non-hydrogen) atoms. The van der Waals surface area contributed by atoms with Crippen molar-refractivity contribution in [2.45, 2.75) is 26.7 Å². The first-order valence-corrected chi connectivity index (χ1v) is 7.48. The van der Waals surface area contributed by atoms with Gasteiger partial charge in [-0.2, -0.15) is 0 Å². The molecule has 2 aromatic rings. The third-order valence-corrected chi connectivity index (χ3v) is 4.49. The van der Waals surface area contributed by atoms with Gasteiger partial charge in [-0.1, -0.05) is 18.2 Å². The van der Waals surface area contributed by atoms with Crippen LogP contribution in [0.15, 0.2) is 24.3 Å². The van der Waals surface area contributed by atoms with Gasteiger partial charge in [-0.15, -0.1) is 0 Å². The van der Waals surface area contributed by atoms with Crippen molar-refractivity contribution >= 4 is 22.5 Å². The molecule has 1 aromatic heterocycles. The number of hydrogen-bond donors (Lipinski definition) is 1. The summed E-state index contributed by atoms with van der Waals surface area (Å²) in [5.74, 6) is -0.238. The van der Waals surface area contributed by atoms with Gasteiger partial charge in [0.25, 0.3) is 0 Å². The number of fused-ring (bicyclic) bond motifs is 1. The number of primary amides is 1. The summed E-state index contributed by atoms with van der Waals surface area (Å²) in [7, 11) is 0. The molecule has 1 unspecified atom stereocenters. The second-order valence-corrected chi connectivity index (χ2v) is 5.88. The minimum Gasteiger partial charge on any atom is -0.370 e. The van der Waals surface area contributed by atoms with Crippen molar-refractivity contribution in [1.82, 2.24) is 4.98 Å². The molecule has 0 spiro atoms. The lowest BCUT2D eigenvalue weighted by Gasteiger charge is -2.35. The summed E-state index contributed by atoms with van der Waals surface area (Å²) >= 11 is 0. The van der Waals surface area contributed by atoms with Crippen LogP contribution in [0.5, 0.6) is 0 Å². The molecule has 1 amide bonds. The number of amides is 1. The Labute approximate surface area is 125 Å². The van der Waals surface area contributed by atoms with Gasteiger partial charge in [0.15, 0.2) is 0 Å². The van der Waals surface area contributed by atoms with Gasteiger partial charge in [0, 0.05) is 24.2 Å². The molecule has 0 radical (unpaired) electrons. The molecule has 1 atom stereocenters. The third-order valence-electron chi connectivity index (χ3n) is 4.49. The zero-order valence-corrected chi connectivity index (χ0v) is 12.6. The summed E-state index contributed by atoms with van der Waals surface area (Å²) in [6.07, 6.45) is 1.90. The number of anilines is 1. The van der Waals surface area contributed by atoms with Crippen molar-refractivity contribution in [1.29, 1.82) is 0 Å². The van der Waals surface area contributed by atoms with Crippen molar-refractivity contribution in [3.05, 3.63) is 35.5 Å². The van der Waals surface area contributed by atoms with E-state index in [1.807, 2.05) is 25.1 Å². The van der Waals surface area contributed by atoms with Crippen molar-refractivity contribution in [3.63, 3.8) is 0 Å². The summed E-state index contributed by atoms with van der Waals surface area (Å²) in [5.41, 5.74) is 9.97. The van der Waals surface area contributed by atoms with Crippen LogP contribution in [-0.2, 0) is 4.79 Å². The van der Waals surface area contributed by atoms with E-state index in [2.05, 4.69) is 22.9 Å². The largest absolute Gasteiger partial charge is 0.370 e. The molecule has 3 rings (SSSR count). The third kappa shape index (κ3) is 2.46. The van der Waals surface area contributed by atoms with Gasteiger partial charge in [-0.25, -0.2) is 0 Å². The van der Waals surface area contributed by atoms with Crippen molar-refractivity contribution in [2.75, 3.05) is 18.0 Å². The van der Waals surface area contributed by atoms with E-state index < -0.39 is 0 Å². The van der Waals surface area contributed by atoms with Crippen LogP contribution in [0.2, 0.25) is 0 Å². The topological polar surface area (TPSA) is 59.2 Å². The smallest absolute Gasteiger partial charge is 0.222 e. The molecule has 0 aliphatic carbocycles. The Morgan fingerprint density at radius 3 is 2.86 bits per heavy atom. The van der Waals surface area contributed by atoms with Gasteiger partial charge in [-0.05, 0) is 38.3 Å². The van der Waals surface area contributed by atoms with Gasteiger partial charge in [0.1, 0.15) is 0 Å². The molecule has 0 bridgehead atoms. The standard InChI is InChI=1S/C17H21N3O/c1-11-12(2)19-15-8-4-3-7-14(15)16(11)20-9-5-6-13(10-20)17(18)21/h3-4,7-8,13H,5-6,9-10H2,1-2H3,(H2,18,21). The highest BCUT2D eigenvalue weighted by Gasteiger charge is 2.26. The maximum atomic E-state index is 11.5. The second kappa shape index (κ2) is 5.35. The number of aryl methyl sites for hydroxylation is 1. The fourth-order valence-electron chi connectivity index (χ4n) is 3.23. The highest BCUT2D eigenvalue weighted by molar-refractivity contribution is 5.94. The van der Waals surface area contributed by atoms with Crippen molar-refractivity contribution in [3.8, 4) is 0 Å². The first-order valence-electron chi connectivity index (χ1n) is 7.48. The maximum Gasteiger partial charge on any atom is 0.222 e. The van der Waals surface area contributed by atoms with Crippen LogP contribution in [0, 0.1) is 19.8 Å². The molecular formula is C17H21N3O. The second-order valence-electron chi connectivity index (χ2n) is 5.88. The Hall–Kier alpha value is -2.10. The van der Waals surface area contributed by atoms with Gasteiger partial charge < -0.3 is 10.6 Å². The number of rotatable bonds is 2. The molecule has 1 aliphatic rings. The van der Waals surface area contributed by atoms with Crippen LogP contribution in [0.25, 0.3) is 10.9 Å². The van der Waals surface area contributed by atoms with E-state index in [1.165, 1.54) is 11.3 Å². The maximum absolute atomic E-state index is 11.5. The van der Waals surface area contributed by atoms with Crippen molar-refractivity contribution < 1.29 is 4.79 Å². The first-order chi connectivity index (χ1) is 10.1. The number of aromatic nitrogens is 1. The average molecular weight is 283 g/mol. The van der Waals surface area contributed by atoms with Crippen LogP contribution < -0.4 is 10.6 Å². The first kappa shape index (κ1) is 13.9. The summed E-state index contributed by atoms with van der Waals surface area (Å²) in [6, 6.07) is 8.20. The van der Waals surface area contributed by atoms with Gasteiger partial charge in [-0.3, -0.25) is 9.78 Å². The molecular weight excluding hydrogens is 262 g/mol. The lowest BCUT2D eigenvalue weighted by molar-refractivity contribution is -0.122. The number of carbonyl (C=O) groups is 1. The van der Waals surface area contributed by atoms with Crippen molar-refractivity contribution in [2.24, 2.45) is 11.7 Å². The summed E-state index contributed by atoms with van der Waals surface area (Å²) in [6.45, 7) is 5.83. The lowest BCUT2D eigenvalue weighted by Crippen LogP contribution is -2.41. The molecule has 4 heteroatoms. The van der Waals surface area contributed by atoms with Crippen LogP contribution in [-0.4, -0.2) is 24.0 Å². The summed E-state index contributed by atoms with van der Waals surface area (Å²) < 4.78 is 0. The number of pyridine rings is 1. The van der Waals surface area contributed by atoms with E-state index in [0.717, 1.165) is 36.0 Å². The highest BCUT2D eigenvalue weighted by Crippen LogP contribution is 2.33. The number of para-hydroxylation sites is 1. The predicted octanol–water partition coefficient (Wildman–Crippen LogP) is 2.55. The molecule has 110 valence electrons. The molecule has 2 heterocycles. The van der Waals surface area contributed by atoms with E-state index in [1.54, 1.807) is 0 Å². The number of nitrogens with zero attached hydrogens (tertiary/aromatic N) is 2. The van der Waals surface area contributed by atoms with E-state index >= 15 is 0 Å². The van der Waals surface area contributed by atoms with Crippen LogP contribution in [0.4, 0.5) is 5.69 Å². The van der Waals surface area contributed by atoms with E-state index in [4.69, 9.17) is 5.73 Å². The van der Waals surface area contributed by atoms with Crippen LogP contribution in [0.1, 0.15) is 24.1 Å². The molecule has 4 nitrogen and oxygen atoms in total. The van der Waals surface area contributed by atoms with Crippen LogP contribution in [0.3, 0.4) is 0 Å². The minimum absolute atomic E-state index is 0.0506. The number of carbonyl (C=O) groups excluding carboxylic acids is 1. The summed E-state index contributed by atoms with van der Waals surface area (Å²) in [4.78, 5) is 18.5. The molecule has 0 saturated carbocycles. The quantitative estimate of drug-likeness (QED) is 0.921. The Kier molecular flexibility index (Phi) is 3.53. The summed E-state index contributed by atoms with van der Waals surface area (Å²) in [5, 5.41) is 1.16. The molecule has 1 fully saturated rings. The molecule has 1 aliphatic heterocycles. The number of nitrogens with two attached hydrogens (primary N) is 1.